The molecule has 7 heteroatoms. The van der Waals surface area contributed by atoms with Crippen molar-refractivity contribution in [3.05, 3.63) is 54.1 Å². The Kier molecular flexibility index (Phi) is 7.06. The molecule has 31 heavy (non-hydrogen) atoms. The zero-order valence-electron chi connectivity index (χ0n) is 18.7. The monoisotopic (exact) mass is 444 g/mol. The lowest BCUT2D eigenvalue weighted by atomic mass is 9.87. The maximum absolute atomic E-state index is 12.7. The van der Waals surface area contributed by atoms with Crippen LogP contribution in [-0.4, -0.2) is 37.8 Å². The van der Waals surface area contributed by atoms with Crippen LogP contribution in [0, 0.1) is 0 Å². The Balaban J connectivity index is 1.59. The van der Waals surface area contributed by atoms with Crippen molar-refractivity contribution in [2.45, 2.75) is 63.4 Å². The number of nitrogens with one attached hydrogen (secondary N) is 1. The molecule has 1 saturated heterocycles. The van der Waals surface area contributed by atoms with Gasteiger partial charge in [-0.25, -0.2) is 8.42 Å². The molecule has 1 heterocycles. The fourth-order valence-corrected chi connectivity index (χ4v) is 5.02. The number of rotatable bonds is 6. The van der Waals surface area contributed by atoms with E-state index in [9.17, 15) is 13.2 Å². The van der Waals surface area contributed by atoms with Crippen molar-refractivity contribution >= 4 is 21.6 Å². The molecule has 1 N–H and O–H groups in total. The molecule has 6 nitrogen and oxygen atoms in total. The third-order valence-electron chi connectivity index (χ3n) is 5.48. The van der Waals surface area contributed by atoms with Crippen LogP contribution >= 0.6 is 0 Å². The van der Waals surface area contributed by atoms with Crippen molar-refractivity contribution in [2.24, 2.45) is 0 Å². The summed E-state index contributed by atoms with van der Waals surface area (Å²) < 4.78 is 32.8. The molecule has 2 aromatic rings. The second kappa shape index (κ2) is 9.40. The molecule has 1 aliphatic rings. The number of benzene rings is 2. The largest absolute Gasteiger partial charge is 0.481 e. The van der Waals surface area contributed by atoms with Crippen LogP contribution in [-0.2, 0) is 20.2 Å². The average Bonchev–Trinajstić information content (AvgIpc) is 2.74. The number of ether oxygens (including phenoxy) is 1. The van der Waals surface area contributed by atoms with E-state index in [1.54, 1.807) is 19.1 Å². The SMILES string of the molecule is C[C@@H](Oc1ccc(C(C)(C)C)cc1)C(=O)Nc1ccc(S(=O)(=O)N2CCCCC2)cc1. The molecule has 0 radical (unpaired) electrons. The van der Waals surface area contributed by atoms with E-state index in [0.29, 0.717) is 24.5 Å². The van der Waals surface area contributed by atoms with E-state index in [0.717, 1.165) is 19.3 Å². The molecule has 0 aliphatic carbocycles. The van der Waals surface area contributed by atoms with Crippen molar-refractivity contribution < 1.29 is 17.9 Å². The number of carbonyl (C=O) groups is 1. The third kappa shape index (κ3) is 5.86. The lowest BCUT2D eigenvalue weighted by Gasteiger charge is -2.25. The highest BCUT2D eigenvalue weighted by atomic mass is 32.2. The molecule has 1 fully saturated rings. The van der Waals surface area contributed by atoms with Crippen LogP contribution in [0.15, 0.2) is 53.4 Å². The Hall–Kier alpha value is -2.38. The lowest BCUT2D eigenvalue weighted by Crippen LogP contribution is -2.35. The molecule has 1 aliphatic heterocycles. The van der Waals surface area contributed by atoms with Crippen LogP contribution < -0.4 is 10.1 Å². The first-order valence-electron chi connectivity index (χ1n) is 10.8. The number of hydrogen-bond acceptors (Lipinski definition) is 4. The first-order chi connectivity index (χ1) is 14.6. The average molecular weight is 445 g/mol. The Labute approximate surface area is 185 Å². The van der Waals surface area contributed by atoms with E-state index in [4.69, 9.17) is 4.74 Å². The van der Waals surface area contributed by atoms with Gasteiger partial charge in [-0.3, -0.25) is 4.79 Å². The van der Waals surface area contributed by atoms with Gasteiger partial charge in [0.2, 0.25) is 10.0 Å². The minimum absolute atomic E-state index is 0.0508. The summed E-state index contributed by atoms with van der Waals surface area (Å²) in [6.45, 7) is 9.23. The summed E-state index contributed by atoms with van der Waals surface area (Å²) in [5, 5.41) is 2.78. The van der Waals surface area contributed by atoms with Gasteiger partial charge in [-0.1, -0.05) is 39.3 Å². The fourth-order valence-electron chi connectivity index (χ4n) is 3.50. The summed E-state index contributed by atoms with van der Waals surface area (Å²) >= 11 is 0. The predicted molar refractivity (Wildman–Crippen MR) is 123 cm³/mol. The van der Waals surface area contributed by atoms with E-state index in [2.05, 4.69) is 26.1 Å². The lowest BCUT2D eigenvalue weighted by molar-refractivity contribution is -0.122. The summed E-state index contributed by atoms with van der Waals surface area (Å²) in [5.41, 5.74) is 1.77. The smallest absolute Gasteiger partial charge is 0.265 e. The highest BCUT2D eigenvalue weighted by molar-refractivity contribution is 7.89. The highest BCUT2D eigenvalue weighted by Gasteiger charge is 2.26. The van der Waals surface area contributed by atoms with Crippen molar-refractivity contribution in [2.75, 3.05) is 18.4 Å². The first-order valence-corrected chi connectivity index (χ1v) is 12.2. The zero-order valence-corrected chi connectivity index (χ0v) is 19.5. The molecule has 2 aromatic carbocycles. The van der Waals surface area contributed by atoms with E-state index in [1.165, 1.54) is 22.0 Å². The van der Waals surface area contributed by atoms with Gasteiger partial charge in [0, 0.05) is 18.8 Å². The zero-order chi connectivity index (χ0) is 22.6. The molecule has 3 rings (SSSR count). The Bertz CT molecular complexity index is 987. The van der Waals surface area contributed by atoms with Crippen LogP contribution in [0.3, 0.4) is 0 Å². The van der Waals surface area contributed by atoms with Gasteiger partial charge >= 0.3 is 0 Å². The van der Waals surface area contributed by atoms with E-state index in [-0.39, 0.29) is 16.2 Å². The number of carbonyl (C=O) groups excluding carboxylic acids is 1. The van der Waals surface area contributed by atoms with Gasteiger partial charge < -0.3 is 10.1 Å². The summed E-state index contributed by atoms with van der Waals surface area (Å²) in [6, 6.07) is 14.0. The summed E-state index contributed by atoms with van der Waals surface area (Å²) in [5.74, 6) is 0.324. The molecule has 1 atom stereocenters. The Morgan fingerprint density at radius 2 is 1.55 bits per heavy atom. The topological polar surface area (TPSA) is 75.7 Å². The number of anilines is 1. The fraction of sp³-hybridized carbons (Fsp3) is 0.458. The maximum atomic E-state index is 12.7. The molecule has 0 bridgehead atoms. The Morgan fingerprint density at radius 1 is 0.968 bits per heavy atom. The highest BCUT2D eigenvalue weighted by Crippen LogP contribution is 2.25. The molecule has 1 amide bonds. The normalized spacial score (nSPS) is 16.5. The van der Waals surface area contributed by atoms with E-state index >= 15 is 0 Å². The maximum Gasteiger partial charge on any atom is 0.265 e. The number of piperidine rings is 1. The second-order valence-corrected chi connectivity index (χ2v) is 11.0. The molecule has 0 unspecified atom stereocenters. The summed E-state index contributed by atoms with van der Waals surface area (Å²) in [6.07, 6.45) is 2.16. The minimum Gasteiger partial charge on any atom is -0.481 e. The van der Waals surface area contributed by atoms with Gasteiger partial charge in [-0.15, -0.1) is 0 Å². The van der Waals surface area contributed by atoms with Crippen LogP contribution in [0.25, 0.3) is 0 Å². The number of hydrogen-bond donors (Lipinski definition) is 1. The number of amides is 1. The minimum atomic E-state index is -3.48. The number of nitrogens with zero attached hydrogens (tertiary/aromatic N) is 1. The second-order valence-electron chi connectivity index (χ2n) is 9.01. The number of sulfonamides is 1. The Morgan fingerprint density at radius 3 is 2.10 bits per heavy atom. The van der Waals surface area contributed by atoms with Crippen molar-refractivity contribution in [1.29, 1.82) is 0 Å². The van der Waals surface area contributed by atoms with Gasteiger partial charge in [-0.05, 0) is 67.1 Å². The van der Waals surface area contributed by atoms with Crippen LogP contribution in [0.4, 0.5) is 5.69 Å². The summed E-state index contributed by atoms with van der Waals surface area (Å²) in [7, 11) is -3.48. The molecular weight excluding hydrogens is 412 g/mol. The van der Waals surface area contributed by atoms with Gasteiger partial charge in [0.05, 0.1) is 4.90 Å². The molecule has 0 saturated carbocycles. The van der Waals surface area contributed by atoms with Crippen molar-refractivity contribution in [1.82, 2.24) is 4.31 Å². The van der Waals surface area contributed by atoms with Crippen LogP contribution in [0.1, 0.15) is 52.5 Å². The van der Waals surface area contributed by atoms with Crippen LogP contribution in [0.2, 0.25) is 0 Å². The summed E-state index contributed by atoms with van der Waals surface area (Å²) in [4.78, 5) is 12.8. The molecular formula is C24H32N2O4S. The van der Waals surface area contributed by atoms with E-state index in [1.807, 2.05) is 24.3 Å². The van der Waals surface area contributed by atoms with Crippen molar-refractivity contribution in [3.63, 3.8) is 0 Å². The van der Waals surface area contributed by atoms with Gasteiger partial charge in [0.25, 0.3) is 5.91 Å². The van der Waals surface area contributed by atoms with Gasteiger partial charge in [0.15, 0.2) is 6.10 Å². The molecule has 0 spiro atoms. The first kappa shape index (κ1) is 23.3. The van der Waals surface area contributed by atoms with E-state index < -0.39 is 16.1 Å². The van der Waals surface area contributed by atoms with Crippen LogP contribution in [0.5, 0.6) is 5.75 Å². The molecule has 0 aromatic heterocycles. The van der Waals surface area contributed by atoms with Gasteiger partial charge in [0.1, 0.15) is 5.75 Å². The quantitative estimate of drug-likeness (QED) is 0.708. The van der Waals surface area contributed by atoms with Gasteiger partial charge in [-0.2, -0.15) is 4.31 Å². The predicted octanol–water partition coefficient (Wildman–Crippen LogP) is 4.56. The molecule has 168 valence electrons. The van der Waals surface area contributed by atoms with Crippen molar-refractivity contribution in [3.8, 4) is 5.75 Å². The third-order valence-corrected chi connectivity index (χ3v) is 7.39. The standard InChI is InChI=1S/C24H32N2O4S/c1-18(30-21-12-8-19(9-13-21)24(2,3)4)23(27)25-20-10-14-22(15-11-20)31(28,29)26-16-6-5-7-17-26/h8-15,18H,5-7,16-17H2,1-4H3,(H,25,27)/t18-/m1/s1.